The first-order valence-corrected chi connectivity index (χ1v) is 8.40. The molecule has 1 aromatic rings. The lowest BCUT2D eigenvalue weighted by Crippen LogP contribution is -2.39. The minimum Gasteiger partial charge on any atom is -0.355 e. The number of carbonyl (C=O) groups excluding carboxylic acids is 1. The second-order valence-corrected chi connectivity index (χ2v) is 6.81. The van der Waals surface area contributed by atoms with Gasteiger partial charge in [-0.2, -0.15) is 0 Å². The maximum atomic E-state index is 12.0. The number of benzene rings is 1. The van der Waals surface area contributed by atoms with Crippen LogP contribution in [0.2, 0.25) is 5.02 Å². The summed E-state index contributed by atoms with van der Waals surface area (Å²) in [6, 6.07) is 6.00. The van der Waals surface area contributed by atoms with Crippen molar-refractivity contribution in [1.29, 1.82) is 0 Å². The van der Waals surface area contributed by atoms with Gasteiger partial charge in [0.05, 0.1) is 4.90 Å². The predicted molar refractivity (Wildman–Crippen MR) is 90.0 cm³/mol. The Balaban J connectivity index is 0.00000441. The topological polar surface area (TPSA) is 87.3 Å². The van der Waals surface area contributed by atoms with Crippen LogP contribution < -0.4 is 15.4 Å². The van der Waals surface area contributed by atoms with Crippen LogP contribution in [-0.2, 0) is 14.8 Å². The van der Waals surface area contributed by atoms with Crippen LogP contribution in [0.25, 0.3) is 0 Å². The molecule has 0 saturated heterocycles. The lowest BCUT2D eigenvalue weighted by Gasteiger charge is -2.12. The Hall–Kier alpha value is -0.860. The van der Waals surface area contributed by atoms with Crippen LogP contribution >= 0.6 is 24.0 Å². The minimum atomic E-state index is -3.61. The molecule has 1 unspecified atom stereocenters. The van der Waals surface area contributed by atoms with Crippen LogP contribution in [0, 0.1) is 5.92 Å². The van der Waals surface area contributed by atoms with Crippen molar-refractivity contribution >= 4 is 39.9 Å². The largest absolute Gasteiger partial charge is 0.355 e. The summed E-state index contributed by atoms with van der Waals surface area (Å²) < 4.78 is 26.4. The summed E-state index contributed by atoms with van der Waals surface area (Å²) in [4.78, 5) is 11.7. The third-order valence-electron chi connectivity index (χ3n) is 2.78. The summed E-state index contributed by atoms with van der Waals surface area (Å²) in [5.74, 6) is -0.286. The van der Waals surface area contributed by atoms with E-state index in [-0.39, 0.29) is 42.2 Å². The fraction of sp³-hybridized carbons (Fsp3) is 0.462. The van der Waals surface area contributed by atoms with E-state index in [0.717, 1.165) is 0 Å². The fourth-order valence-corrected chi connectivity index (χ4v) is 2.99. The van der Waals surface area contributed by atoms with Gasteiger partial charge >= 0.3 is 0 Å². The molecule has 0 heterocycles. The molecule has 1 aromatic carbocycles. The van der Waals surface area contributed by atoms with E-state index in [0.29, 0.717) is 11.6 Å². The minimum absolute atomic E-state index is 0. The van der Waals surface area contributed by atoms with Crippen molar-refractivity contribution in [3.63, 3.8) is 0 Å². The van der Waals surface area contributed by atoms with Crippen LogP contribution in [0.1, 0.15) is 6.92 Å². The van der Waals surface area contributed by atoms with E-state index in [1.807, 2.05) is 0 Å². The van der Waals surface area contributed by atoms with Gasteiger partial charge in [-0.05, 0) is 25.2 Å². The first kappa shape index (κ1) is 21.1. The maximum Gasteiger partial charge on any atom is 0.240 e. The maximum absolute atomic E-state index is 12.0. The number of rotatable bonds is 8. The third kappa shape index (κ3) is 6.93. The second kappa shape index (κ2) is 10.0. The third-order valence-corrected chi connectivity index (χ3v) is 4.47. The molecule has 0 aliphatic carbocycles. The zero-order chi connectivity index (χ0) is 15.9. The monoisotopic (exact) mass is 369 g/mol. The molecule has 0 bridgehead atoms. The van der Waals surface area contributed by atoms with Crippen LogP contribution in [-0.4, -0.2) is 41.0 Å². The quantitative estimate of drug-likeness (QED) is 0.596. The molecule has 0 spiro atoms. The van der Waals surface area contributed by atoms with Gasteiger partial charge < -0.3 is 10.6 Å². The number of sulfonamides is 1. The summed E-state index contributed by atoms with van der Waals surface area (Å²) in [5, 5.41) is 5.93. The van der Waals surface area contributed by atoms with E-state index in [1.165, 1.54) is 12.1 Å². The molecule has 1 atom stereocenters. The summed E-state index contributed by atoms with van der Waals surface area (Å²) in [5.41, 5.74) is 0. The zero-order valence-electron chi connectivity index (χ0n) is 12.4. The zero-order valence-corrected chi connectivity index (χ0v) is 14.8. The highest BCUT2D eigenvalue weighted by atomic mass is 35.5. The Morgan fingerprint density at radius 1 is 1.32 bits per heavy atom. The van der Waals surface area contributed by atoms with Crippen molar-refractivity contribution in [3.05, 3.63) is 29.3 Å². The molecule has 3 N–H and O–H groups in total. The van der Waals surface area contributed by atoms with Gasteiger partial charge in [-0.15, -0.1) is 12.4 Å². The predicted octanol–water partition coefficient (Wildman–Crippen LogP) is 1.01. The molecular weight excluding hydrogens is 349 g/mol. The normalized spacial score (nSPS) is 12.3. The first-order valence-electron chi connectivity index (χ1n) is 6.54. The van der Waals surface area contributed by atoms with Crippen LogP contribution in [0.15, 0.2) is 29.2 Å². The Morgan fingerprint density at radius 3 is 2.59 bits per heavy atom. The van der Waals surface area contributed by atoms with Crippen molar-refractivity contribution in [3.8, 4) is 0 Å². The highest BCUT2D eigenvalue weighted by Crippen LogP contribution is 2.14. The van der Waals surface area contributed by atoms with Crippen molar-refractivity contribution in [2.45, 2.75) is 11.8 Å². The number of hydrogen-bond acceptors (Lipinski definition) is 4. The summed E-state index contributed by atoms with van der Waals surface area (Å²) in [6.45, 7) is 2.71. The van der Waals surface area contributed by atoms with Crippen molar-refractivity contribution in [1.82, 2.24) is 15.4 Å². The standard InChI is InChI=1S/C13H20ClN3O3S.ClH/c1-10(9-15-2)13(18)16-6-7-17-21(19,20)12-5-3-4-11(14)8-12;/h3-5,8,10,15,17H,6-7,9H2,1-2H3,(H,16,18);1H. The number of amides is 1. The molecule has 6 nitrogen and oxygen atoms in total. The summed E-state index contributed by atoms with van der Waals surface area (Å²) >= 11 is 5.76. The number of hydrogen-bond donors (Lipinski definition) is 3. The summed E-state index contributed by atoms with van der Waals surface area (Å²) in [6.07, 6.45) is 0. The molecule has 0 aliphatic rings. The van der Waals surface area contributed by atoms with Gasteiger partial charge in [-0.3, -0.25) is 4.79 Å². The summed E-state index contributed by atoms with van der Waals surface area (Å²) in [7, 11) is -1.84. The van der Waals surface area contributed by atoms with Crippen molar-refractivity contribution in [2.75, 3.05) is 26.7 Å². The SMILES string of the molecule is CNCC(C)C(=O)NCCNS(=O)(=O)c1cccc(Cl)c1.Cl. The Labute approximate surface area is 142 Å². The van der Waals surface area contributed by atoms with Gasteiger partial charge in [-0.25, -0.2) is 13.1 Å². The van der Waals surface area contributed by atoms with E-state index >= 15 is 0 Å². The second-order valence-electron chi connectivity index (χ2n) is 4.60. The Morgan fingerprint density at radius 2 is 2.00 bits per heavy atom. The molecule has 0 radical (unpaired) electrons. The number of nitrogens with one attached hydrogen (secondary N) is 3. The van der Waals surface area contributed by atoms with Gasteiger partial charge in [0.1, 0.15) is 0 Å². The van der Waals surface area contributed by atoms with E-state index in [2.05, 4.69) is 15.4 Å². The lowest BCUT2D eigenvalue weighted by atomic mass is 10.1. The Bertz CT molecular complexity index is 582. The van der Waals surface area contributed by atoms with Crippen molar-refractivity contribution in [2.24, 2.45) is 5.92 Å². The molecule has 0 saturated carbocycles. The smallest absolute Gasteiger partial charge is 0.240 e. The molecule has 0 aliphatic heterocycles. The van der Waals surface area contributed by atoms with E-state index in [4.69, 9.17) is 11.6 Å². The fourth-order valence-electron chi connectivity index (χ4n) is 1.66. The Kier molecular flexibility index (Phi) is 9.63. The van der Waals surface area contributed by atoms with Crippen LogP contribution in [0.3, 0.4) is 0 Å². The molecule has 1 amide bonds. The highest BCUT2D eigenvalue weighted by Gasteiger charge is 2.14. The van der Waals surface area contributed by atoms with Gasteiger partial charge in [0, 0.05) is 30.6 Å². The molecule has 9 heteroatoms. The number of carbonyl (C=O) groups is 1. The highest BCUT2D eigenvalue weighted by molar-refractivity contribution is 7.89. The molecule has 22 heavy (non-hydrogen) atoms. The molecule has 0 aromatic heterocycles. The van der Waals surface area contributed by atoms with Gasteiger partial charge in [0.2, 0.25) is 15.9 Å². The van der Waals surface area contributed by atoms with Gasteiger partial charge in [0.25, 0.3) is 0 Å². The molecular formula is C13H21Cl2N3O3S. The van der Waals surface area contributed by atoms with E-state index in [1.54, 1.807) is 26.1 Å². The van der Waals surface area contributed by atoms with Crippen LogP contribution in [0.4, 0.5) is 0 Å². The van der Waals surface area contributed by atoms with Crippen LogP contribution in [0.5, 0.6) is 0 Å². The number of halogens is 2. The van der Waals surface area contributed by atoms with E-state index in [9.17, 15) is 13.2 Å². The molecule has 0 fully saturated rings. The molecule has 1 rings (SSSR count). The first-order chi connectivity index (χ1) is 9.86. The van der Waals surface area contributed by atoms with Crippen molar-refractivity contribution < 1.29 is 13.2 Å². The van der Waals surface area contributed by atoms with Gasteiger partial charge in [0.15, 0.2) is 0 Å². The molecule has 126 valence electrons. The van der Waals surface area contributed by atoms with Gasteiger partial charge in [-0.1, -0.05) is 24.6 Å². The lowest BCUT2D eigenvalue weighted by molar-refractivity contribution is -0.124. The average molecular weight is 370 g/mol. The van der Waals surface area contributed by atoms with E-state index < -0.39 is 10.0 Å². The average Bonchev–Trinajstić information content (AvgIpc) is 2.43.